The number of likely N-dealkylation sites (tertiary alicyclic amines) is 1. The summed E-state index contributed by atoms with van der Waals surface area (Å²) in [6, 6.07) is 0.0937. The van der Waals surface area contributed by atoms with Crippen LogP contribution in [0.4, 0.5) is 5.69 Å². The Morgan fingerprint density at radius 3 is 2.82 bits per heavy atom. The fourth-order valence-electron chi connectivity index (χ4n) is 4.23. The van der Waals surface area contributed by atoms with E-state index in [1.54, 1.807) is 11.3 Å². The van der Waals surface area contributed by atoms with Gasteiger partial charge in [-0.25, -0.2) is 0 Å². The molecular weight excluding hydrogens is 316 g/mol. The summed E-state index contributed by atoms with van der Waals surface area (Å²) in [5.41, 5.74) is 2.23. The molecule has 1 aromatic rings. The molecule has 5 heteroatoms. The summed E-state index contributed by atoms with van der Waals surface area (Å²) in [6.45, 7) is 8.54. The van der Waals surface area contributed by atoms with Gasteiger partial charge in [0.05, 0.1) is 11.7 Å². The highest BCUT2D eigenvalue weighted by molar-refractivity contribution is 7.10. The summed E-state index contributed by atoms with van der Waals surface area (Å²) >= 11 is 1.72. The smallest absolute Gasteiger partial charge is 0.242 e. The molecule has 1 N–H and O–H groups in total. The molecule has 0 spiro atoms. The predicted molar refractivity (Wildman–Crippen MR) is 96.2 cm³/mol. The zero-order chi connectivity index (χ0) is 15.0. The number of hydrogen-bond acceptors (Lipinski definition) is 3. The van der Waals surface area contributed by atoms with Crippen LogP contribution in [0.2, 0.25) is 0 Å². The van der Waals surface area contributed by atoms with Crippen LogP contribution in [0.1, 0.15) is 43.0 Å². The molecule has 0 aromatic carbocycles. The number of rotatable bonds is 4. The molecule has 1 amide bonds. The lowest BCUT2D eigenvalue weighted by Crippen LogP contribution is -2.43. The number of thiophene rings is 1. The molecule has 2 aliphatic rings. The van der Waals surface area contributed by atoms with Gasteiger partial charge in [-0.3, -0.25) is 9.69 Å². The lowest BCUT2D eigenvalue weighted by molar-refractivity contribution is -0.121. The third-order valence-corrected chi connectivity index (χ3v) is 6.20. The van der Waals surface area contributed by atoms with Crippen molar-refractivity contribution in [1.82, 2.24) is 4.90 Å². The number of carbonyl (C=O) groups excluding carboxylic acids is 1. The summed E-state index contributed by atoms with van der Waals surface area (Å²) in [4.78, 5) is 16.5. The van der Waals surface area contributed by atoms with Crippen LogP contribution in [0.15, 0.2) is 5.38 Å². The van der Waals surface area contributed by atoms with Crippen molar-refractivity contribution in [1.29, 1.82) is 0 Å². The van der Waals surface area contributed by atoms with E-state index in [-0.39, 0.29) is 24.4 Å². The van der Waals surface area contributed by atoms with Crippen molar-refractivity contribution in [3.8, 4) is 0 Å². The molecule has 0 bridgehead atoms. The molecule has 0 radical (unpaired) electrons. The molecule has 22 heavy (non-hydrogen) atoms. The Hall–Kier alpha value is -0.580. The fraction of sp³-hybridized carbons (Fsp3) is 0.706. The minimum atomic E-state index is 0. The average molecular weight is 343 g/mol. The minimum Gasteiger partial charge on any atom is -0.323 e. The normalized spacial score (nSPS) is 27.5. The van der Waals surface area contributed by atoms with Crippen LogP contribution in [0, 0.1) is 25.7 Å². The summed E-state index contributed by atoms with van der Waals surface area (Å²) in [6.07, 6.45) is 4.96. The molecule has 2 fully saturated rings. The van der Waals surface area contributed by atoms with Gasteiger partial charge in [0.2, 0.25) is 5.91 Å². The molecule has 3 unspecified atom stereocenters. The fourth-order valence-corrected chi connectivity index (χ4v) is 5.03. The Morgan fingerprint density at radius 2 is 2.18 bits per heavy atom. The van der Waals surface area contributed by atoms with Crippen LogP contribution >= 0.6 is 23.7 Å². The Balaban J connectivity index is 0.00000176. The van der Waals surface area contributed by atoms with Crippen molar-refractivity contribution >= 4 is 35.3 Å². The topological polar surface area (TPSA) is 32.3 Å². The van der Waals surface area contributed by atoms with Gasteiger partial charge in [0.25, 0.3) is 0 Å². The SMILES string of the molecule is CCCN1CC2CCCC2C1C(=O)Nc1c(C)csc1C.Cl. The number of nitrogens with one attached hydrogen (secondary N) is 1. The maximum atomic E-state index is 12.9. The lowest BCUT2D eigenvalue weighted by atomic mass is 9.93. The van der Waals surface area contributed by atoms with Crippen molar-refractivity contribution in [2.24, 2.45) is 11.8 Å². The van der Waals surface area contributed by atoms with E-state index in [1.165, 1.54) is 29.7 Å². The summed E-state index contributed by atoms with van der Waals surface area (Å²) in [5.74, 6) is 1.55. The van der Waals surface area contributed by atoms with Crippen molar-refractivity contribution in [2.45, 2.75) is 52.5 Å². The monoisotopic (exact) mass is 342 g/mol. The number of hydrogen-bond donors (Lipinski definition) is 1. The average Bonchev–Trinajstić information content (AvgIpc) is 3.09. The van der Waals surface area contributed by atoms with Crippen LogP contribution in [0.3, 0.4) is 0 Å². The Kier molecular flexibility index (Phi) is 5.92. The van der Waals surface area contributed by atoms with Gasteiger partial charge in [0.1, 0.15) is 0 Å². The van der Waals surface area contributed by atoms with E-state index in [1.807, 2.05) is 0 Å². The van der Waals surface area contributed by atoms with Crippen molar-refractivity contribution in [2.75, 3.05) is 18.4 Å². The largest absolute Gasteiger partial charge is 0.323 e. The minimum absolute atomic E-state index is 0. The van der Waals surface area contributed by atoms with Crippen LogP contribution in [0.25, 0.3) is 0 Å². The van der Waals surface area contributed by atoms with Crippen molar-refractivity contribution in [3.05, 3.63) is 15.8 Å². The Morgan fingerprint density at radius 1 is 1.41 bits per heavy atom. The van der Waals surface area contributed by atoms with Crippen molar-refractivity contribution in [3.63, 3.8) is 0 Å². The first kappa shape index (κ1) is 17.8. The van der Waals surface area contributed by atoms with Gasteiger partial charge < -0.3 is 5.32 Å². The number of fused-ring (bicyclic) bond motifs is 1. The Labute approximate surface area is 143 Å². The standard InChI is InChI=1S/C17H26N2OS.ClH/c1-4-8-19-9-13-6-5-7-14(13)16(19)17(20)18-15-11(2)10-21-12(15)3;/h10,13-14,16H,4-9H2,1-3H3,(H,18,20);1H. The van der Waals surface area contributed by atoms with Crippen LogP contribution in [-0.4, -0.2) is 29.9 Å². The first-order valence-corrected chi connectivity index (χ1v) is 9.09. The number of halogens is 1. The zero-order valence-corrected chi connectivity index (χ0v) is 15.4. The van der Waals surface area contributed by atoms with Gasteiger partial charge >= 0.3 is 0 Å². The van der Waals surface area contributed by atoms with E-state index in [2.05, 4.69) is 36.4 Å². The van der Waals surface area contributed by atoms with E-state index < -0.39 is 0 Å². The lowest BCUT2D eigenvalue weighted by Gasteiger charge is -2.26. The zero-order valence-electron chi connectivity index (χ0n) is 13.7. The molecule has 3 nitrogen and oxygen atoms in total. The first-order valence-electron chi connectivity index (χ1n) is 8.21. The Bertz CT molecular complexity index is 511. The van der Waals surface area contributed by atoms with E-state index in [9.17, 15) is 4.79 Å². The third kappa shape index (κ3) is 3.19. The quantitative estimate of drug-likeness (QED) is 0.887. The number of nitrogens with zero attached hydrogens (tertiary/aromatic N) is 1. The molecule has 2 heterocycles. The molecule has 124 valence electrons. The van der Waals surface area contributed by atoms with E-state index in [4.69, 9.17) is 0 Å². The van der Waals surface area contributed by atoms with Gasteiger partial charge in [0.15, 0.2) is 0 Å². The maximum absolute atomic E-state index is 12.9. The van der Waals surface area contributed by atoms with E-state index in [0.717, 1.165) is 31.1 Å². The third-order valence-electron chi connectivity index (χ3n) is 5.17. The van der Waals surface area contributed by atoms with Gasteiger partial charge in [0, 0.05) is 11.4 Å². The molecule has 1 aliphatic heterocycles. The maximum Gasteiger partial charge on any atom is 0.242 e. The highest BCUT2D eigenvalue weighted by Gasteiger charge is 2.47. The molecular formula is C17H27ClN2OS. The van der Waals surface area contributed by atoms with Gasteiger partial charge in [-0.15, -0.1) is 23.7 Å². The van der Waals surface area contributed by atoms with E-state index >= 15 is 0 Å². The van der Waals surface area contributed by atoms with Crippen LogP contribution < -0.4 is 5.32 Å². The summed E-state index contributed by atoms with van der Waals surface area (Å²) < 4.78 is 0. The van der Waals surface area contributed by atoms with E-state index in [0.29, 0.717) is 5.92 Å². The molecule has 3 atom stereocenters. The summed E-state index contributed by atoms with van der Waals surface area (Å²) in [5, 5.41) is 5.36. The second kappa shape index (κ2) is 7.33. The second-order valence-electron chi connectivity index (χ2n) is 6.63. The molecule has 1 aliphatic carbocycles. The van der Waals surface area contributed by atoms with Gasteiger partial charge in [-0.1, -0.05) is 13.3 Å². The van der Waals surface area contributed by atoms with Crippen LogP contribution in [0.5, 0.6) is 0 Å². The summed E-state index contributed by atoms with van der Waals surface area (Å²) in [7, 11) is 0. The molecule has 3 rings (SSSR count). The number of amides is 1. The number of anilines is 1. The molecule has 1 saturated carbocycles. The highest BCUT2D eigenvalue weighted by atomic mass is 35.5. The molecule has 1 aromatic heterocycles. The number of aryl methyl sites for hydroxylation is 2. The van der Waals surface area contributed by atoms with Crippen LogP contribution in [-0.2, 0) is 4.79 Å². The van der Waals surface area contributed by atoms with Gasteiger partial charge in [-0.05, 0) is 62.4 Å². The number of carbonyl (C=O) groups is 1. The first-order chi connectivity index (χ1) is 10.1. The highest BCUT2D eigenvalue weighted by Crippen LogP contribution is 2.42. The predicted octanol–water partition coefficient (Wildman–Crippen LogP) is 4.24. The second-order valence-corrected chi connectivity index (χ2v) is 7.72. The van der Waals surface area contributed by atoms with Gasteiger partial charge in [-0.2, -0.15) is 0 Å². The molecule has 1 saturated heterocycles. The van der Waals surface area contributed by atoms with Crippen molar-refractivity contribution < 1.29 is 4.79 Å².